The Labute approximate surface area is 192 Å². The fourth-order valence-electron chi connectivity index (χ4n) is 4.12. The molecule has 0 saturated heterocycles. The van der Waals surface area contributed by atoms with Crippen molar-refractivity contribution in [3.8, 4) is 0 Å². The zero-order valence-electron chi connectivity index (χ0n) is 19.9. The van der Waals surface area contributed by atoms with E-state index < -0.39 is 12.1 Å². The number of aliphatic carboxylic acids is 1. The molecule has 1 amide bonds. The van der Waals surface area contributed by atoms with Crippen LogP contribution in [-0.2, 0) is 20.9 Å². The largest absolute Gasteiger partial charge is 0.478 e. The number of carboxylic acid groups (broad SMARTS) is 1. The molecule has 32 heavy (non-hydrogen) atoms. The van der Waals surface area contributed by atoms with Crippen LogP contribution in [-0.4, -0.2) is 54.9 Å². The summed E-state index contributed by atoms with van der Waals surface area (Å²) in [7, 11) is 0. The minimum Gasteiger partial charge on any atom is -0.478 e. The highest BCUT2D eigenvalue weighted by molar-refractivity contribution is 5.87. The summed E-state index contributed by atoms with van der Waals surface area (Å²) in [6.45, 7) is 10.9. The number of hydrogen-bond donors (Lipinski definition) is 3. The number of carbonyl (C=O) groups excluding carboxylic acids is 1. The fourth-order valence-corrected chi connectivity index (χ4v) is 4.12. The van der Waals surface area contributed by atoms with Gasteiger partial charge in [0.15, 0.2) is 0 Å². The molecule has 1 aromatic carbocycles. The van der Waals surface area contributed by atoms with Gasteiger partial charge >= 0.3 is 5.97 Å². The van der Waals surface area contributed by atoms with E-state index in [-0.39, 0.29) is 18.0 Å². The van der Waals surface area contributed by atoms with Crippen molar-refractivity contribution < 1.29 is 19.4 Å². The molecule has 0 spiro atoms. The molecular formula is C25H39N3O4. The number of rotatable bonds is 13. The van der Waals surface area contributed by atoms with E-state index in [4.69, 9.17) is 4.74 Å². The van der Waals surface area contributed by atoms with Gasteiger partial charge in [0.05, 0.1) is 12.1 Å². The van der Waals surface area contributed by atoms with Crippen LogP contribution in [0.25, 0.3) is 0 Å². The number of anilines is 1. The lowest BCUT2D eigenvalue weighted by molar-refractivity contribution is -0.133. The number of nitrogens with one attached hydrogen (secondary N) is 2. The highest BCUT2D eigenvalue weighted by Gasteiger charge is 2.36. The summed E-state index contributed by atoms with van der Waals surface area (Å²) < 4.78 is 6.03. The summed E-state index contributed by atoms with van der Waals surface area (Å²) in [5.41, 5.74) is 2.61. The van der Waals surface area contributed by atoms with Gasteiger partial charge in [-0.15, -0.1) is 0 Å². The van der Waals surface area contributed by atoms with Crippen molar-refractivity contribution in [2.24, 2.45) is 0 Å². The summed E-state index contributed by atoms with van der Waals surface area (Å²) in [5.74, 6) is -1.09. The summed E-state index contributed by atoms with van der Waals surface area (Å²) >= 11 is 0. The maximum atomic E-state index is 11.9. The number of carbonyl (C=O) groups is 2. The normalized spacial score (nSPS) is 20.5. The van der Waals surface area contributed by atoms with Crippen molar-refractivity contribution in [1.82, 2.24) is 10.6 Å². The Morgan fingerprint density at radius 2 is 1.81 bits per heavy atom. The Hall–Kier alpha value is -2.38. The number of carboxylic acids is 1. The minimum absolute atomic E-state index is 0.153. The summed E-state index contributed by atoms with van der Waals surface area (Å²) in [6, 6.07) is 7.82. The SMILES string of the molecule is CCCCCO[C@@H]1C=C(C(=O)O)C[C@H](NCc2ccc(N(CC)CC)cc2)[C@H]1NC(C)=O. The molecule has 0 radical (unpaired) electrons. The average molecular weight is 446 g/mol. The van der Waals surface area contributed by atoms with Crippen LogP contribution in [0.2, 0.25) is 0 Å². The number of unbranched alkanes of at least 4 members (excludes halogenated alkanes) is 2. The Kier molecular flexibility index (Phi) is 10.7. The lowest BCUT2D eigenvalue weighted by Crippen LogP contribution is -2.58. The zero-order valence-corrected chi connectivity index (χ0v) is 19.9. The van der Waals surface area contributed by atoms with Crippen LogP contribution in [0.1, 0.15) is 58.9 Å². The second-order valence-electron chi connectivity index (χ2n) is 8.30. The van der Waals surface area contributed by atoms with Crippen LogP contribution >= 0.6 is 0 Å². The van der Waals surface area contributed by atoms with E-state index in [9.17, 15) is 14.7 Å². The van der Waals surface area contributed by atoms with Crippen molar-refractivity contribution in [3.05, 3.63) is 41.5 Å². The van der Waals surface area contributed by atoms with E-state index in [1.165, 1.54) is 12.6 Å². The zero-order chi connectivity index (χ0) is 23.5. The van der Waals surface area contributed by atoms with Gasteiger partial charge in [0.25, 0.3) is 0 Å². The molecule has 0 aromatic heterocycles. The third kappa shape index (κ3) is 7.64. The van der Waals surface area contributed by atoms with E-state index in [0.29, 0.717) is 25.1 Å². The summed E-state index contributed by atoms with van der Waals surface area (Å²) in [6.07, 6.45) is 4.55. The van der Waals surface area contributed by atoms with Gasteiger partial charge in [-0.1, -0.05) is 31.9 Å². The first-order valence-electron chi connectivity index (χ1n) is 11.8. The first kappa shape index (κ1) is 25.9. The topological polar surface area (TPSA) is 90.9 Å². The second kappa shape index (κ2) is 13.2. The molecule has 3 atom stereocenters. The predicted molar refractivity (Wildman–Crippen MR) is 128 cm³/mol. The smallest absolute Gasteiger partial charge is 0.331 e. The van der Waals surface area contributed by atoms with Crippen LogP contribution in [0, 0.1) is 0 Å². The molecule has 1 aliphatic carbocycles. The Morgan fingerprint density at radius 3 is 2.38 bits per heavy atom. The lowest BCUT2D eigenvalue weighted by Gasteiger charge is -2.37. The standard InChI is InChI=1S/C25H39N3O4/c1-5-8-9-14-32-23-16-20(25(30)31)15-22(24(23)27-18(4)29)26-17-19-10-12-21(13-11-19)28(6-2)7-3/h10-13,16,22-24,26H,5-9,14-15,17H2,1-4H3,(H,27,29)(H,30,31)/t22-,23+,24+/m0/s1. The first-order valence-corrected chi connectivity index (χ1v) is 11.8. The molecule has 2 rings (SSSR count). The van der Waals surface area contributed by atoms with Gasteiger partial charge < -0.3 is 25.4 Å². The highest BCUT2D eigenvalue weighted by atomic mass is 16.5. The molecule has 0 unspecified atom stereocenters. The Morgan fingerprint density at radius 1 is 1.12 bits per heavy atom. The first-order chi connectivity index (χ1) is 15.4. The third-order valence-electron chi connectivity index (χ3n) is 5.93. The van der Waals surface area contributed by atoms with Gasteiger partial charge in [0.1, 0.15) is 0 Å². The predicted octanol–water partition coefficient (Wildman–Crippen LogP) is 3.49. The number of ether oxygens (including phenoxy) is 1. The van der Waals surface area contributed by atoms with Crippen molar-refractivity contribution in [2.75, 3.05) is 24.6 Å². The Bertz CT molecular complexity index is 759. The molecule has 7 heteroatoms. The van der Waals surface area contributed by atoms with Crippen molar-refractivity contribution in [1.29, 1.82) is 0 Å². The molecule has 178 valence electrons. The van der Waals surface area contributed by atoms with Crippen molar-refractivity contribution >= 4 is 17.6 Å². The van der Waals surface area contributed by atoms with E-state index in [1.54, 1.807) is 6.08 Å². The average Bonchev–Trinajstić information content (AvgIpc) is 2.77. The minimum atomic E-state index is -0.941. The molecule has 0 heterocycles. The number of benzene rings is 1. The van der Waals surface area contributed by atoms with Gasteiger partial charge in [-0.25, -0.2) is 4.79 Å². The van der Waals surface area contributed by atoms with Gasteiger partial charge in [-0.2, -0.15) is 0 Å². The number of amides is 1. The summed E-state index contributed by atoms with van der Waals surface area (Å²) in [5, 5.41) is 16.1. The van der Waals surface area contributed by atoms with Gasteiger partial charge in [-0.05, 0) is 50.5 Å². The highest BCUT2D eigenvalue weighted by Crippen LogP contribution is 2.23. The van der Waals surface area contributed by atoms with Gasteiger partial charge in [0.2, 0.25) is 5.91 Å². The molecule has 7 nitrogen and oxygen atoms in total. The molecule has 3 N–H and O–H groups in total. The molecule has 1 aliphatic rings. The monoisotopic (exact) mass is 445 g/mol. The fraction of sp³-hybridized carbons (Fsp3) is 0.600. The molecular weight excluding hydrogens is 406 g/mol. The maximum absolute atomic E-state index is 11.9. The van der Waals surface area contributed by atoms with E-state index in [1.807, 2.05) is 0 Å². The number of nitrogens with zero attached hydrogens (tertiary/aromatic N) is 1. The molecule has 0 saturated carbocycles. The second-order valence-corrected chi connectivity index (χ2v) is 8.30. The third-order valence-corrected chi connectivity index (χ3v) is 5.93. The van der Waals surface area contributed by atoms with E-state index in [0.717, 1.165) is 37.9 Å². The quantitative estimate of drug-likeness (QED) is 0.403. The van der Waals surface area contributed by atoms with Crippen molar-refractivity contribution in [3.63, 3.8) is 0 Å². The van der Waals surface area contributed by atoms with Gasteiger partial charge in [0, 0.05) is 50.5 Å². The number of hydrogen-bond acceptors (Lipinski definition) is 5. The van der Waals surface area contributed by atoms with Crippen LogP contribution in [0.15, 0.2) is 35.9 Å². The van der Waals surface area contributed by atoms with Crippen LogP contribution in [0.5, 0.6) is 0 Å². The van der Waals surface area contributed by atoms with Crippen LogP contribution in [0.4, 0.5) is 5.69 Å². The molecule has 0 bridgehead atoms. The Balaban J connectivity index is 2.12. The molecule has 0 fully saturated rings. The maximum Gasteiger partial charge on any atom is 0.331 e. The summed E-state index contributed by atoms with van der Waals surface area (Å²) in [4.78, 5) is 25.9. The van der Waals surface area contributed by atoms with Crippen LogP contribution in [0.3, 0.4) is 0 Å². The van der Waals surface area contributed by atoms with Gasteiger partial charge in [-0.3, -0.25) is 4.79 Å². The van der Waals surface area contributed by atoms with Crippen molar-refractivity contribution in [2.45, 2.75) is 78.1 Å². The molecule has 1 aromatic rings. The molecule has 0 aliphatic heterocycles. The lowest BCUT2D eigenvalue weighted by atomic mass is 9.87. The van der Waals surface area contributed by atoms with E-state index in [2.05, 4.69) is 60.6 Å². The van der Waals surface area contributed by atoms with Crippen LogP contribution < -0.4 is 15.5 Å². The van der Waals surface area contributed by atoms with E-state index >= 15 is 0 Å².